The molecule has 0 bridgehead atoms. The van der Waals surface area contributed by atoms with Crippen LogP contribution < -0.4 is 0 Å². The number of carbonyl (C=O) groups excluding carboxylic acids is 1. The van der Waals surface area contributed by atoms with Gasteiger partial charge in [0.05, 0.1) is 0 Å². The van der Waals surface area contributed by atoms with E-state index in [1.807, 2.05) is 12.3 Å². The Morgan fingerprint density at radius 3 is 2.57 bits per heavy atom. The Labute approximate surface area is 181 Å². The van der Waals surface area contributed by atoms with Gasteiger partial charge >= 0.3 is 0 Å². The number of hydrogen-bond acceptors (Lipinski definition) is 3. The number of nitrogens with zero attached hydrogens (tertiary/aromatic N) is 3. The lowest BCUT2D eigenvalue weighted by Crippen LogP contribution is -2.51. The third kappa shape index (κ3) is 5.28. The van der Waals surface area contributed by atoms with E-state index in [0.29, 0.717) is 11.8 Å². The highest BCUT2D eigenvalue weighted by Crippen LogP contribution is 2.35. The second-order valence-corrected chi connectivity index (χ2v) is 9.42. The Morgan fingerprint density at radius 2 is 1.83 bits per heavy atom. The highest BCUT2D eigenvalue weighted by atomic mass is 16.2. The summed E-state index contributed by atoms with van der Waals surface area (Å²) in [5, 5.41) is 0. The average Bonchev–Trinajstić information content (AvgIpc) is 2.80. The molecule has 2 aliphatic heterocycles. The number of pyridine rings is 1. The maximum Gasteiger partial charge on any atom is 0.228 e. The van der Waals surface area contributed by atoms with Gasteiger partial charge in [0.15, 0.2) is 0 Å². The van der Waals surface area contributed by atoms with Gasteiger partial charge in [0.2, 0.25) is 5.91 Å². The van der Waals surface area contributed by atoms with Crippen molar-refractivity contribution in [3.05, 3.63) is 66.0 Å². The number of piperidine rings is 2. The quantitative estimate of drug-likeness (QED) is 0.722. The summed E-state index contributed by atoms with van der Waals surface area (Å²) in [5.41, 5.74) is 2.35. The van der Waals surface area contributed by atoms with E-state index in [-0.39, 0.29) is 5.41 Å². The van der Waals surface area contributed by atoms with Gasteiger partial charge in [0, 0.05) is 36.9 Å². The number of aromatic nitrogens is 1. The van der Waals surface area contributed by atoms with Crippen molar-refractivity contribution in [2.45, 2.75) is 45.4 Å². The van der Waals surface area contributed by atoms with Crippen LogP contribution in [-0.2, 0) is 17.6 Å². The molecule has 2 fully saturated rings. The van der Waals surface area contributed by atoms with Crippen LogP contribution in [0.1, 0.15) is 43.9 Å². The first-order valence-corrected chi connectivity index (χ1v) is 11.6. The van der Waals surface area contributed by atoms with Crippen LogP contribution in [-0.4, -0.2) is 53.4 Å². The lowest BCUT2D eigenvalue weighted by molar-refractivity contribution is -0.146. The monoisotopic (exact) mass is 405 g/mol. The zero-order valence-electron chi connectivity index (χ0n) is 18.3. The second-order valence-electron chi connectivity index (χ2n) is 9.42. The highest BCUT2D eigenvalue weighted by molar-refractivity contribution is 5.82. The van der Waals surface area contributed by atoms with Gasteiger partial charge in [0.25, 0.3) is 0 Å². The SMILES string of the molecule is CC1(C(=O)N2CCC[C@@H](Cc3ccccn3)C2)CCN(CCc2ccccc2)CC1. The Balaban J connectivity index is 1.27. The van der Waals surface area contributed by atoms with E-state index < -0.39 is 0 Å². The van der Waals surface area contributed by atoms with Gasteiger partial charge in [-0.15, -0.1) is 0 Å². The first-order valence-electron chi connectivity index (χ1n) is 11.6. The van der Waals surface area contributed by atoms with Crippen molar-refractivity contribution in [1.82, 2.24) is 14.8 Å². The van der Waals surface area contributed by atoms with Gasteiger partial charge in [-0.3, -0.25) is 9.78 Å². The van der Waals surface area contributed by atoms with Gasteiger partial charge in [-0.25, -0.2) is 0 Å². The van der Waals surface area contributed by atoms with Crippen molar-refractivity contribution in [3.8, 4) is 0 Å². The van der Waals surface area contributed by atoms with Crippen LogP contribution in [0.3, 0.4) is 0 Å². The van der Waals surface area contributed by atoms with E-state index in [2.05, 4.69) is 64.2 Å². The molecule has 4 rings (SSSR count). The molecule has 2 aromatic rings. The van der Waals surface area contributed by atoms with Crippen LogP contribution in [0.5, 0.6) is 0 Å². The predicted octanol–water partition coefficient (Wildman–Crippen LogP) is 4.21. The summed E-state index contributed by atoms with van der Waals surface area (Å²) < 4.78 is 0. The lowest BCUT2D eigenvalue weighted by atomic mass is 9.78. The van der Waals surface area contributed by atoms with Gasteiger partial charge in [-0.2, -0.15) is 0 Å². The van der Waals surface area contributed by atoms with Crippen LogP contribution in [0.25, 0.3) is 0 Å². The number of likely N-dealkylation sites (tertiary alicyclic amines) is 2. The fourth-order valence-corrected chi connectivity index (χ4v) is 5.03. The fraction of sp³-hybridized carbons (Fsp3) is 0.538. The van der Waals surface area contributed by atoms with Gasteiger partial charge < -0.3 is 9.80 Å². The topological polar surface area (TPSA) is 36.4 Å². The molecule has 4 nitrogen and oxygen atoms in total. The van der Waals surface area contributed by atoms with E-state index in [9.17, 15) is 4.79 Å². The minimum absolute atomic E-state index is 0.198. The molecule has 160 valence electrons. The molecule has 30 heavy (non-hydrogen) atoms. The third-order valence-electron chi connectivity index (χ3n) is 7.07. The molecule has 0 aliphatic carbocycles. The highest BCUT2D eigenvalue weighted by Gasteiger charge is 2.40. The summed E-state index contributed by atoms with van der Waals surface area (Å²) in [4.78, 5) is 22.6. The van der Waals surface area contributed by atoms with Crippen molar-refractivity contribution in [1.29, 1.82) is 0 Å². The molecule has 1 aromatic heterocycles. The van der Waals surface area contributed by atoms with Gasteiger partial charge in [0.1, 0.15) is 0 Å². The zero-order chi connectivity index (χ0) is 20.8. The van der Waals surface area contributed by atoms with Crippen LogP contribution in [0.4, 0.5) is 0 Å². The van der Waals surface area contributed by atoms with Crippen LogP contribution >= 0.6 is 0 Å². The molecule has 1 amide bonds. The largest absolute Gasteiger partial charge is 0.342 e. The van der Waals surface area contributed by atoms with Gasteiger partial charge in [-0.05, 0) is 75.2 Å². The molecule has 2 aliphatic rings. The van der Waals surface area contributed by atoms with Crippen molar-refractivity contribution >= 4 is 5.91 Å². The maximum absolute atomic E-state index is 13.5. The first-order chi connectivity index (χ1) is 14.6. The number of hydrogen-bond donors (Lipinski definition) is 0. The summed E-state index contributed by atoms with van der Waals surface area (Å²) in [5.74, 6) is 0.920. The van der Waals surface area contributed by atoms with E-state index in [1.54, 1.807) is 0 Å². The van der Waals surface area contributed by atoms with Gasteiger partial charge in [-0.1, -0.05) is 43.3 Å². The molecule has 0 radical (unpaired) electrons. The normalized spacial score (nSPS) is 22.0. The van der Waals surface area contributed by atoms with Crippen LogP contribution in [0, 0.1) is 11.3 Å². The number of rotatable bonds is 6. The molecule has 1 atom stereocenters. The van der Waals surface area contributed by atoms with E-state index in [0.717, 1.165) is 70.5 Å². The molecule has 3 heterocycles. The molecule has 2 saturated heterocycles. The molecular weight excluding hydrogens is 370 g/mol. The summed E-state index contributed by atoms with van der Waals surface area (Å²) in [7, 11) is 0. The molecule has 0 saturated carbocycles. The molecule has 1 aromatic carbocycles. The van der Waals surface area contributed by atoms with E-state index in [1.165, 1.54) is 12.0 Å². The number of benzene rings is 1. The number of amides is 1. The molecule has 0 N–H and O–H groups in total. The van der Waals surface area contributed by atoms with Crippen molar-refractivity contribution in [2.24, 2.45) is 11.3 Å². The first kappa shape index (κ1) is 21.0. The lowest BCUT2D eigenvalue weighted by Gasteiger charge is -2.43. The predicted molar refractivity (Wildman–Crippen MR) is 121 cm³/mol. The smallest absolute Gasteiger partial charge is 0.228 e. The van der Waals surface area contributed by atoms with Crippen molar-refractivity contribution in [3.63, 3.8) is 0 Å². The Hall–Kier alpha value is -2.20. The maximum atomic E-state index is 13.5. The van der Waals surface area contributed by atoms with Crippen molar-refractivity contribution in [2.75, 3.05) is 32.7 Å². The Kier molecular flexibility index (Phi) is 6.83. The van der Waals surface area contributed by atoms with E-state index >= 15 is 0 Å². The summed E-state index contributed by atoms with van der Waals surface area (Å²) in [6.07, 6.45) is 8.20. The fourth-order valence-electron chi connectivity index (χ4n) is 5.03. The third-order valence-corrected chi connectivity index (χ3v) is 7.07. The molecule has 0 spiro atoms. The van der Waals surface area contributed by atoms with Crippen molar-refractivity contribution < 1.29 is 4.79 Å². The molecular formula is C26H35N3O. The summed E-state index contributed by atoms with van der Waals surface area (Å²) in [6.45, 7) is 7.16. The standard InChI is InChI=1S/C26H35N3O/c1-26(13-18-28(19-14-26)17-12-22-8-3-2-4-9-22)25(30)29-16-7-10-23(21-29)20-24-11-5-6-15-27-24/h2-6,8-9,11,15,23H,7,10,12-14,16-21H2,1H3/t23-/m0/s1. The summed E-state index contributed by atoms with van der Waals surface area (Å²) in [6, 6.07) is 16.8. The molecule has 4 heteroatoms. The minimum Gasteiger partial charge on any atom is -0.342 e. The average molecular weight is 406 g/mol. The Bertz CT molecular complexity index is 800. The summed E-state index contributed by atoms with van der Waals surface area (Å²) >= 11 is 0. The van der Waals surface area contributed by atoms with E-state index in [4.69, 9.17) is 0 Å². The van der Waals surface area contributed by atoms with Crippen LogP contribution in [0.15, 0.2) is 54.7 Å². The zero-order valence-corrected chi connectivity index (χ0v) is 18.3. The van der Waals surface area contributed by atoms with Crippen LogP contribution in [0.2, 0.25) is 0 Å². The Morgan fingerprint density at radius 1 is 1.07 bits per heavy atom. The second kappa shape index (κ2) is 9.74. The number of carbonyl (C=O) groups is 1. The molecule has 0 unspecified atom stereocenters. The minimum atomic E-state index is -0.198.